The molecule has 0 aliphatic carbocycles. The van der Waals surface area contributed by atoms with Crippen molar-refractivity contribution in [1.29, 1.82) is 0 Å². The maximum atomic E-state index is 13.3. The molecule has 0 amide bonds. The number of rotatable bonds is 8. The van der Waals surface area contributed by atoms with Crippen molar-refractivity contribution in [2.24, 2.45) is 5.92 Å². The number of carboxylic acid groups (broad SMARTS) is 1. The van der Waals surface area contributed by atoms with Gasteiger partial charge in [0.2, 0.25) is 0 Å². The van der Waals surface area contributed by atoms with E-state index in [2.05, 4.69) is 9.88 Å². The number of likely N-dealkylation sites (tertiary alicyclic amines) is 1. The normalized spacial score (nSPS) is 19.3. The molecule has 172 valence electrons. The van der Waals surface area contributed by atoms with E-state index < -0.39 is 12.5 Å². The van der Waals surface area contributed by atoms with Gasteiger partial charge in [0.15, 0.2) is 5.82 Å². The number of ether oxygens (including phenoxy) is 1. The second kappa shape index (κ2) is 10.2. The van der Waals surface area contributed by atoms with E-state index in [-0.39, 0.29) is 5.56 Å². The van der Waals surface area contributed by atoms with Crippen LogP contribution in [0.25, 0.3) is 11.3 Å². The van der Waals surface area contributed by atoms with Crippen LogP contribution in [0.15, 0.2) is 35.3 Å². The van der Waals surface area contributed by atoms with Crippen LogP contribution in [-0.4, -0.2) is 65.4 Å². The molecule has 1 N–H and O–H groups in total. The summed E-state index contributed by atoms with van der Waals surface area (Å²) in [5, 5.41) is 9.43. The minimum Gasteiger partial charge on any atom is -0.497 e. The summed E-state index contributed by atoms with van der Waals surface area (Å²) in [6.45, 7) is 4.67. The summed E-state index contributed by atoms with van der Waals surface area (Å²) >= 11 is 0. The molecule has 8 heteroatoms. The monoisotopic (exact) mass is 440 g/mol. The largest absolute Gasteiger partial charge is 0.497 e. The van der Waals surface area contributed by atoms with Crippen molar-refractivity contribution in [3.05, 3.63) is 40.8 Å². The Morgan fingerprint density at radius 3 is 2.78 bits per heavy atom. The number of hydrogen-bond acceptors (Lipinski definition) is 6. The first-order valence-electron chi connectivity index (χ1n) is 11.5. The van der Waals surface area contributed by atoms with Crippen LogP contribution < -0.4 is 15.2 Å². The Kier molecular flexibility index (Phi) is 7.09. The predicted octanol–water partition coefficient (Wildman–Crippen LogP) is 2.71. The summed E-state index contributed by atoms with van der Waals surface area (Å²) in [6.07, 6.45) is 7.70. The first-order chi connectivity index (χ1) is 15.5. The maximum Gasteiger partial charge on any atom is 0.323 e. The highest BCUT2D eigenvalue weighted by Crippen LogP contribution is 2.26. The van der Waals surface area contributed by atoms with Crippen LogP contribution in [0.4, 0.5) is 5.82 Å². The number of methoxy groups -OCH3 is 1. The average Bonchev–Trinajstić information content (AvgIpc) is 3.28. The SMILES string of the molecule is COc1cccc(-c2cnc(N3CCC(CCN4CCCCC4)C3)c(=O)n2CC(=O)O)c1. The molecule has 0 bridgehead atoms. The van der Waals surface area contributed by atoms with Gasteiger partial charge in [-0.1, -0.05) is 18.6 Å². The van der Waals surface area contributed by atoms with Gasteiger partial charge in [-0.3, -0.25) is 14.2 Å². The Hall–Kier alpha value is -2.87. The number of nitrogens with zero attached hydrogens (tertiary/aromatic N) is 4. The summed E-state index contributed by atoms with van der Waals surface area (Å²) in [4.78, 5) is 33.9. The van der Waals surface area contributed by atoms with Gasteiger partial charge in [-0.25, -0.2) is 4.98 Å². The van der Waals surface area contributed by atoms with Gasteiger partial charge in [0, 0.05) is 18.7 Å². The highest BCUT2D eigenvalue weighted by Gasteiger charge is 2.27. The molecule has 1 unspecified atom stereocenters. The van der Waals surface area contributed by atoms with E-state index in [4.69, 9.17) is 4.74 Å². The van der Waals surface area contributed by atoms with E-state index in [1.54, 1.807) is 25.4 Å². The molecule has 0 radical (unpaired) electrons. The summed E-state index contributed by atoms with van der Waals surface area (Å²) in [7, 11) is 1.57. The fraction of sp³-hybridized carbons (Fsp3) is 0.542. The zero-order valence-corrected chi connectivity index (χ0v) is 18.7. The number of aromatic nitrogens is 2. The van der Waals surface area contributed by atoms with Crippen molar-refractivity contribution in [2.45, 2.75) is 38.6 Å². The van der Waals surface area contributed by atoms with E-state index in [0.29, 0.717) is 28.7 Å². The lowest BCUT2D eigenvalue weighted by Gasteiger charge is -2.27. The highest BCUT2D eigenvalue weighted by molar-refractivity contribution is 5.69. The number of piperidine rings is 1. The minimum absolute atomic E-state index is 0.346. The van der Waals surface area contributed by atoms with Crippen molar-refractivity contribution < 1.29 is 14.6 Å². The third-order valence-corrected chi connectivity index (χ3v) is 6.58. The van der Waals surface area contributed by atoms with Crippen molar-refractivity contribution in [1.82, 2.24) is 14.5 Å². The third-order valence-electron chi connectivity index (χ3n) is 6.58. The summed E-state index contributed by atoms with van der Waals surface area (Å²) < 4.78 is 6.58. The second-order valence-electron chi connectivity index (χ2n) is 8.78. The molecule has 32 heavy (non-hydrogen) atoms. The molecular weight excluding hydrogens is 408 g/mol. The zero-order chi connectivity index (χ0) is 22.5. The standard InChI is InChI=1S/C24H32N4O4/c1-32-20-7-5-6-19(14-20)21-15-25-23(24(31)28(21)17-22(29)30)27-13-9-18(16-27)8-12-26-10-3-2-4-11-26/h5-7,14-15,18H,2-4,8-13,16-17H2,1H3,(H,29,30). The molecule has 2 aliphatic rings. The molecule has 2 aliphatic heterocycles. The zero-order valence-electron chi connectivity index (χ0n) is 18.7. The van der Waals surface area contributed by atoms with E-state index >= 15 is 0 Å². The highest BCUT2D eigenvalue weighted by atomic mass is 16.5. The smallest absolute Gasteiger partial charge is 0.323 e. The molecule has 2 fully saturated rings. The molecule has 2 saturated heterocycles. The van der Waals surface area contributed by atoms with Gasteiger partial charge in [0.1, 0.15) is 12.3 Å². The number of hydrogen-bond donors (Lipinski definition) is 1. The van der Waals surface area contributed by atoms with Crippen LogP contribution in [0.2, 0.25) is 0 Å². The van der Waals surface area contributed by atoms with Crippen LogP contribution in [0.1, 0.15) is 32.1 Å². The van der Waals surface area contributed by atoms with Crippen molar-refractivity contribution >= 4 is 11.8 Å². The Balaban J connectivity index is 1.53. The summed E-state index contributed by atoms with van der Waals surface area (Å²) in [5.41, 5.74) is 0.813. The Morgan fingerprint density at radius 1 is 1.22 bits per heavy atom. The predicted molar refractivity (Wildman–Crippen MR) is 123 cm³/mol. The number of aliphatic carboxylic acids is 1. The lowest BCUT2D eigenvalue weighted by Crippen LogP contribution is -2.35. The maximum absolute atomic E-state index is 13.3. The van der Waals surface area contributed by atoms with Crippen molar-refractivity contribution in [3.63, 3.8) is 0 Å². The van der Waals surface area contributed by atoms with E-state index in [1.165, 1.54) is 36.9 Å². The molecule has 2 aromatic rings. The Bertz CT molecular complexity index is 1000. The van der Waals surface area contributed by atoms with Crippen molar-refractivity contribution in [3.8, 4) is 17.0 Å². The molecule has 3 heterocycles. The average molecular weight is 441 g/mol. The van der Waals surface area contributed by atoms with E-state index in [9.17, 15) is 14.7 Å². The first-order valence-corrected chi connectivity index (χ1v) is 11.5. The number of carboxylic acids is 1. The van der Waals surface area contributed by atoms with Gasteiger partial charge in [-0.2, -0.15) is 0 Å². The molecule has 4 rings (SSSR count). The molecular formula is C24H32N4O4. The number of benzene rings is 1. The van der Waals surface area contributed by atoms with Crippen LogP contribution in [0, 0.1) is 5.92 Å². The molecule has 8 nitrogen and oxygen atoms in total. The first kappa shape index (κ1) is 22.3. The molecule has 1 atom stereocenters. The Labute approximate surface area is 188 Å². The summed E-state index contributed by atoms with van der Waals surface area (Å²) in [5.74, 6) is 0.452. The molecule has 0 saturated carbocycles. The van der Waals surface area contributed by atoms with Gasteiger partial charge in [0.05, 0.1) is 19.0 Å². The Morgan fingerprint density at radius 2 is 2.03 bits per heavy atom. The molecule has 1 aromatic carbocycles. The van der Waals surface area contributed by atoms with E-state index in [1.807, 2.05) is 17.0 Å². The van der Waals surface area contributed by atoms with Gasteiger partial charge in [0.25, 0.3) is 5.56 Å². The number of anilines is 1. The van der Waals surface area contributed by atoms with Crippen LogP contribution in [0.3, 0.4) is 0 Å². The molecule has 1 aromatic heterocycles. The third kappa shape index (κ3) is 5.12. The van der Waals surface area contributed by atoms with Gasteiger partial charge >= 0.3 is 5.97 Å². The van der Waals surface area contributed by atoms with Gasteiger partial charge in [-0.15, -0.1) is 0 Å². The quantitative estimate of drug-likeness (QED) is 0.675. The molecule has 0 spiro atoms. The van der Waals surface area contributed by atoms with Crippen molar-refractivity contribution in [2.75, 3.05) is 44.7 Å². The lowest BCUT2D eigenvalue weighted by molar-refractivity contribution is -0.137. The summed E-state index contributed by atoms with van der Waals surface area (Å²) in [6, 6.07) is 7.22. The number of carbonyl (C=O) groups is 1. The topological polar surface area (TPSA) is 87.9 Å². The fourth-order valence-electron chi connectivity index (χ4n) is 4.81. The van der Waals surface area contributed by atoms with Gasteiger partial charge < -0.3 is 19.6 Å². The van der Waals surface area contributed by atoms with Crippen LogP contribution >= 0.6 is 0 Å². The van der Waals surface area contributed by atoms with E-state index in [0.717, 1.165) is 32.5 Å². The lowest BCUT2D eigenvalue weighted by atomic mass is 10.0. The van der Waals surface area contributed by atoms with Crippen LogP contribution in [-0.2, 0) is 11.3 Å². The van der Waals surface area contributed by atoms with Crippen LogP contribution in [0.5, 0.6) is 5.75 Å². The second-order valence-corrected chi connectivity index (χ2v) is 8.78. The fourth-order valence-corrected chi connectivity index (χ4v) is 4.81. The van der Waals surface area contributed by atoms with Gasteiger partial charge in [-0.05, 0) is 63.4 Å². The minimum atomic E-state index is -1.06.